The smallest absolute Gasteiger partial charge is 0.389 e. The summed E-state index contributed by atoms with van der Waals surface area (Å²) in [4.78, 5) is 28.1. The van der Waals surface area contributed by atoms with Gasteiger partial charge in [-0.1, -0.05) is 18.2 Å². The van der Waals surface area contributed by atoms with Gasteiger partial charge in [0.2, 0.25) is 5.91 Å². The first-order valence-corrected chi connectivity index (χ1v) is 9.65. The quantitative estimate of drug-likeness (QED) is 0.765. The number of piperidine rings is 2. The number of hydrogen-bond acceptors (Lipinski definition) is 3. The highest BCUT2D eigenvalue weighted by Gasteiger charge is 2.40. The van der Waals surface area contributed by atoms with E-state index in [-0.39, 0.29) is 24.5 Å². The largest absolute Gasteiger partial charge is 0.484 e. The van der Waals surface area contributed by atoms with E-state index in [1.165, 1.54) is 0 Å². The summed E-state index contributed by atoms with van der Waals surface area (Å²) < 4.78 is 42.8. The first kappa shape index (κ1) is 20.5. The van der Waals surface area contributed by atoms with Crippen LogP contribution in [0.4, 0.5) is 13.2 Å². The van der Waals surface area contributed by atoms with Gasteiger partial charge in [0, 0.05) is 32.1 Å². The van der Waals surface area contributed by atoms with Crippen LogP contribution >= 0.6 is 0 Å². The molecule has 0 aliphatic carbocycles. The molecule has 0 bridgehead atoms. The predicted molar refractivity (Wildman–Crippen MR) is 96.6 cm³/mol. The second-order valence-corrected chi connectivity index (χ2v) is 7.40. The number of rotatable bonds is 5. The predicted octanol–water partition coefficient (Wildman–Crippen LogP) is 3.25. The third-order valence-electron chi connectivity index (χ3n) is 5.47. The highest BCUT2D eigenvalue weighted by Crippen LogP contribution is 2.32. The maximum atomic E-state index is 12.5. The summed E-state index contributed by atoms with van der Waals surface area (Å²) in [5.74, 6) is 0.199. The van der Waals surface area contributed by atoms with Crippen LogP contribution in [0.1, 0.15) is 32.1 Å². The van der Waals surface area contributed by atoms with E-state index in [9.17, 15) is 22.8 Å². The molecule has 0 aromatic heterocycles. The van der Waals surface area contributed by atoms with Crippen molar-refractivity contribution in [2.45, 2.75) is 44.3 Å². The molecular formula is C20H25F3N2O3. The Kier molecular flexibility index (Phi) is 6.46. The molecule has 8 heteroatoms. The number of alkyl halides is 3. The Morgan fingerprint density at radius 3 is 2.54 bits per heavy atom. The van der Waals surface area contributed by atoms with Crippen molar-refractivity contribution < 1.29 is 27.5 Å². The number of carbonyl (C=O) groups is 2. The summed E-state index contributed by atoms with van der Waals surface area (Å²) in [7, 11) is 0. The Hall–Kier alpha value is -2.25. The molecule has 2 heterocycles. The van der Waals surface area contributed by atoms with Crippen LogP contribution in [0, 0.1) is 5.92 Å². The molecule has 0 unspecified atom stereocenters. The number of likely N-dealkylation sites (tertiary alicyclic amines) is 2. The van der Waals surface area contributed by atoms with E-state index in [0.29, 0.717) is 31.8 Å². The zero-order chi connectivity index (χ0) is 20.1. The summed E-state index contributed by atoms with van der Waals surface area (Å²) in [5, 5.41) is 0. The van der Waals surface area contributed by atoms with E-state index in [0.717, 1.165) is 12.8 Å². The summed E-state index contributed by atoms with van der Waals surface area (Å²) in [5.41, 5.74) is 0. The molecule has 1 aromatic carbocycles. The average molecular weight is 398 g/mol. The zero-order valence-electron chi connectivity index (χ0n) is 15.7. The third-order valence-corrected chi connectivity index (χ3v) is 5.47. The summed E-state index contributed by atoms with van der Waals surface area (Å²) in [6.45, 7) is 1.46. The lowest BCUT2D eigenvalue weighted by Gasteiger charge is -2.47. The Bertz CT molecular complexity index is 681. The van der Waals surface area contributed by atoms with Crippen molar-refractivity contribution in [1.29, 1.82) is 0 Å². The molecular weight excluding hydrogens is 373 g/mol. The van der Waals surface area contributed by atoms with Gasteiger partial charge in [-0.25, -0.2) is 0 Å². The van der Waals surface area contributed by atoms with Gasteiger partial charge in [0.15, 0.2) is 6.61 Å². The van der Waals surface area contributed by atoms with Gasteiger partial charge in [0.05, 0.1) is 6.42 Å². The van der Waals surface area contributed by atoms with Crippen LogP contribution < -0.4 is 4.74 Å². The normalized spacial score (nSPS) is 22.5. The summed E-state index contributed by atoms with van der Waals surface area (Å²) in [6.07, 6.45) is -3.68. The number of fused-ring (bicyclic) bond motifs is 1. The SMILES string of the molecule is O=C(COc1ccccc1)N1CC[C@H]2[C@H](CCCN2C(=O)CCC(F)(F)F)C1. The van der Waals surface area contributed by atoms with E-state index in [1.807, 2.05) is 18.2 Å². The van der Waals surface area contributed by atoms with Crippen LogP contribution in [-0.4, -0.2) is 60.1 Å². The van der Waals surface area contributed by atoms with Crippen molar-refractivity contribution in [3.63, 3.8) is 0 Å². The Morgan fingerprint density at radius 1 is 1.07 bits per heavy atom. The number of nitrogens with zero attached hydrogens (tertiary/aromatic N) is 2. The Morgan fingerprint density at radius 2 is 1.82 bits per heavy atom. The first-order valence-electron chi connectivity index (χ1n) is 9.65. The van der Waals surface area contributed by atoms with E-state index < -0.39 is 24.9 Å². The minimum absolute atomic E-state index is 0.0460. The van der Waals surface area contributed by atoms with Gasteiger partial charge in [-0.15, -0.1) is 0 Å². The second-order valence-electron chi connectivity index (χ2n) is 7.40. The molecule has 28 heavy (non-hydrogen) atoms. The Labute approximate surface area is 162 Å². The van der Waals surface area contributed by atoms with Crippen LogP contribution in [0.5, 0.6) is 5.75 Å². The minimum Gasteiger partial charge on any atom is -0.484 e. The summed E-state index contributed by atoms with van der Waals surface area (Å²) in [6, 6.07) is 9.02. The monoisotopic (exact) mass is 398 g/mol. The molecule has 2 amide bonds. The van der Waals surface area contributed by atoms with Gasteiger partial charge >= 0.3 is 6.18 Å². The topological polar surface area (TPSA) is 49.9 Å². The van der Waals surface area contributed by atoms with Crippen molar-refractivity contribution in [3.05, 3.63) is 30.3 Å². The zero-order valence-corrected chi connectivity index (χ0v) is 15.7. The third kappa shape index (κ3) is 5.39. The molecule has 1 aromatic rings. The number of benzene rings is 1. The van der Waals surface area contributed by atoms with Crippen molar-refractivity contribution in [2.24, 2.45) is 5.92 Å². The Balaban J connectivity index is 1.52. The maximum Gasteiger partial charge on any atom is 0.389 e. The molecule has 2 atom stereocenters. The van der Waals surface area contributed by atoms with Gasteiger partial charge in [-0.05, 0) is 37.3 Å². The number of ether oxygens (including phenoxy) is 1. The standard InChI is InChI=1S/C20H25F3N2O3/c21-20(22,23)10-8-18(26)25-11-4-5-15-13-24(12-9-17(15)25)19(27)14-28-16-6-2-1-3-7-16/h1-3,6-7,15,17H,4-5,8-14H2/t15-,17+/m1/s1. The van der Waals surface area contributed by atoms with Gasteiger partial charge < -0.3 is 14.5 Å². The van der Waals surface area contributed by atoms with Crippen LogP contribution in [-0.2, 0) is 9.59 Å². The number of amides is 2. The van der Waals surface area contributed by atoms with Crippen molar-refractivity contribution in [2.75, 3.05) is 26.2 Å². The van der Waals surface area contributed by atoms with Gasteiger partial charge in [-0.2, -0.15) is 13.2 Å². The average Bonchev–Trinajstić information content (AvgIpc) is 2.69. The molecule has 3 rings (SSSR count). The molecule has 5 nitrogen and oxygen atoms in total. The van der Waals surface area contributed by atoms with Crippen LogP contribution in [0.15, 0.2) is 30.3 Å². The molecule has 0 saturated carbocycles. The van der Waals surface area contributed by atoms with Crippen LogP contribution in [0.25, 0.3) is 0 Å². The van der Waals surface area contributed by atoms with Crippen molar-refractivity contribution >= 4 is 11.8 Å². The first-order chi connectivity index (χ1) is 13.3. The highest BCUT2D eigenvalue weighted by molar-refractivity contribution is 5.78. The number of carbonyl (C=O) groups excluding carboxylic acids is 2. The van der Waals surface area contributed by atoms with Crippen LogP contribution in [0.3, 0.4) is 0 Å². The lowest BCUT2D eigenvalue weighted by molar-refractivity contribution is -0.154. The van der Waals surface area contributed by atoms with Crippen LogP contribution in [0.2, 0.25) is 0 Å². The molecule has 154 valence electrons. The number of para-hydroxylation sites is 1. The molecule has 2 saturated heterocycles. The second kappa shape index (κ2) is 8.84. The van der Waals surface area contributed by atoms with E-state index in [2.05, 4.69) is 0 Å². The van der Waals surface area contributed by atoms with E-state index in [1.54, 1.807) is 21.9 Å². The fourth-order valence-electron chi connectivity index (χ4n) is 4.09. The minimum atomic E-state index is -4.32. The summed E-state index contributed by atoms with van der Waals surface area (Å²) >= 11 is 0. The fraction of sp³-hybridized carbons (Fsp3) is 0.600. The molecule has 0 spiro atoms. The van der Waals surface area contributed by atoms with E-state index in [4.69, 9.17) is 4.74 Å². The fourth-order valence-corrected chi connectivity index (χ4v) is 4.09. The van der Waals surface area contributed by atoms with Gasteiger partial charge in [0.25, 0.3) is 5.91 Å². The molecule has 2 aliphatic rings. The maximum absolute atomic E-state index is 12.5. The molecule has 2 aliphatic heterocycles. The van der Waals surface area contributed by atoms with Gasteiger partial charge in [0.1, 0.15) is 5.75 Å². The van der Waals surface area contributed by atoms with Gasteiger partial charge in [-0.3, -0.25) is 9.59 Å². The molecule has 2 fully saturated rings. The number of hydrogen-bond donors (Lipinski definition) is 0. The van der Waals surface area contributed by atoms with Crippen molar-refractivity contribution in [1.82, 2.24) is 9.80 Å². The van der Waals surface area contributed by atoms with Crippen molar-refractivity contribution in [3.8, 4) is 5.75 Å². The highest BCUT2D eigenvalue weighted by atomic mass is 19.4. The number of halogens is 3. The molecule has 0 radical (unpaired) electrons. The van der Waals surface area contributed by atoms with E-state index >= 15 is 0 Å². The lowest BCUT2D eigenvalue weighted by Crippen LogP contribution is -2.57. The lowest BCUT2D eigenvalue weighted by atomic mass is 9.83. The molecule has 0 N–H and O–H groups in total.